The van der Waals surface area contributed by atoms with Gasteiger partial charge in [0, 0.05) is 24.2 Å². The molecule has 1 saturated heterocycles. The normalized spacial score (nSPS) is 14.1. The Morgan fingerprint density at radius 1 is 1.14 bits per heavy atom. The molecule has 7 nitrogen and oxygen atoms in total. The van der Waals surface area contributed by atoms with Gasteiger partial charge >= 0.3 is 0 Å². The van der Waals surface area contributed by atoms with Crippen LogP contribution in [0, 0.1) is 6.92 Å². The summed E-state index contributed by atoms with van der Waals surface area (Å²) in [5, 5.41) is 8.02. The monoisotopic (exact) mass is 397 g/mol. The second-order valence-corrected chi connectivity index (χ2v) is 6.93. The number of halogens is 1. The predicted molar refractivity (Wildman–Crippen MR) is 109 cm³/mol. The molecule has 1 N–H and O–H groups in total. The highest BCUT2D eigenvalue weighted by Gasteiger charge is 2.17. The smallest absolute Gasteiger partial charge is 0.275 e. The summed E-state index contributed by atoms with van der Waals surface area (Å²) in [6.07, 6.45) is 0. The molecule has 4 rings (SSSR count). The van der Waals surface area contributed by atoms with Crippen molar-refractivity contribution >= 4 is 29.1 Å². The van der Waals surface area contributed by atoms with E-state index < -0.39 is 0 Å². The molecule has 1 amide bonds. The zero-order valence-electron chi connectivity index (χ0n) is 15.4. The number of benzene rings is 1. The number of aryl methyl sites for hydroxylation is 1. The second-order valence-electron chi connectivity index (χ2n) is 6.49. The van der Waals surface area contributed by atoms with Crippen molar-refractivity contribution in [3.63, 3.8) is 0 Å². The summed E-state index contributed by atoms with van der Waals surface area (Å²) in [6, 6.07) is 14.5. The molecule has 1 aliphatic rings. The fraction of sp³-hybridized carbons (Fsp3) is 0.250. The van der Waals surface area contributed by atoms with Crippen LogP contribution >= 0.6 is 11.6 Å². The van der Waals surface area contributed by atoms with E-state index in [0.717, 1.165) is 30.3 Å². The molecular weight excluding hydrogens is 378 g/mol. The molecule has 8 heteroatoms. The van der Waals surface area contributed by atoms with Crippen LogP contribution in [0.2, 0.25) is 5.02 Å². The number of morpholine rings is 1. The number of rotatable bonds is 4. The first-order chi connectivity index (χ1) is 13.6. The summed E-state index contributed by atoms with van der Waals surface area (Å²) in [6.45, 7) is 4.73. The van der Waals surface area contributed by atoms with E-state index in [0.29, 0.717) is 29.7 Å². The number of pyridine rings is 1. The Hall–Kier alpha value is -2.90. The van der Waals surface area contributed by atoms with E-state index >= 15 is 0 Å². The SMILES string of the molecule is Cc1cc(NC(=O)c2cccc(N3CCOCC3)n2)n(-c2ccc(Cl)cc2)n1. The lowest BCUT2D eigenvalue weighted by molar-refractivity contribution is 0.102. The maximum Gasteiger partial charge on any atom is 0.275 e. The van der Waals surface area contributed by atoms with Crippen LogP contribution < -0.4 is 10.2 Å². The lowest BCUT2D eigenvalue weighted by Gasteiger charge is -2.27. The minimum atomic E-state index is -0.287. The molecule has 1 aliphatic heterocycles. The van der Waals surface area contributed by atoms with Crippen molar-refractivity contribution in [3.8, 4) is 5.69 Å². The lowest BCUT2D eigenvalue weighted by atomic mass is 10.3. The van der Waals surface area contributed by atoms with E-state index in [1.807, 2.05) is 37.3 Å². The van der Waals surface area contributed by atoms with Crippen molar-refractivity contribution in [1.29, 1.82) is 0 Å². The van der Waals surface area contributed by atoms with Crippen molar-refractivity contribution < 1.29 is 9.53 Å². The molecule has 28 heavy (non-hydrogen) atoms. The van der Waals surface area contributed by atoms with Gasteiger partial charge in [0.05, 0.1) is 24.6 Å². The van der Waals surface area contributed by atoms with E-state index in [1.54, 1.807) is 22.9 Å². The van der Waals surface area contributed by atoms with Gasteiger partial charge in [0.2, 0.25) is 0 Å². The molecule has 0 spiro atoms. The van der Waals surface area contributed by atoms with E-state index in [2.05, 4.69) is 20.3 Å². The van der Waals surface area contributed by atoms with Gasteiger partial charge < -0.3 is 15.0 Å². The minimum Gasteiger partial charge on any atom is -0.378 e. The zero-order valence-corrected chi connectivity index (χ0v) is 16.2. The first kappa shape index (κ1) is 18.5. The third-order valence-corrected chi connectivity index (χ3v) is 4.70. The molecule has 0 radical (unpaired) electrons. The first-order valence-corrected chi connectivity index (χ1v) is 9.42. The number of nitrogens with one attached hydrogen (secondary N) is 1. The molecule has 0 saturated carbocycles. The fourth-order valence-corrected chi connectivity index (χ4v) is 3.19. The molecule has 0 unspecified atom stereocenters. The van der Waals surface area contributed by atoms with Crippen molar-refractivity contribution in [2.45, 2.75) is 6.92 Å². The molecule has 3 heterocycles. The molecule has 0 atom stereocenters. The van der Waals surface area contributed by atoms with Gasteiger partial charge in [-0.1, -0.05) is 17.7 Å². The number of hydrogen-bond donors (Lipinski definition) is 1. The standard InChI is InChI=1S/C20H20ClN5O2/c1-14-13-19(26(24-14)16-7-5-15(21)6-8-16)23-20(27)17-3-2-4-18(22-17)25-9-11-28-12-10-25/h2-8,13H,9-12H2,1H3,(H,23,27). The van der Waals surface area contributed by atoms with Crippen molar-refractivity contribution in [1.82, 2.24) is 14.8 Å². The predicted octanol–water partition coefficient (Wildman–Crippen LogP) is 3.32. The largest absolute Gasteiger partial charge is 0.378 e. The van der Waals surface area contributed by atoms with Gasteiger partial charge in [-0.15, -0.1) is 0 Å². The number of hydrogen-bond acceptors (Lipinski definition) is 5. The lowest BCUT2D eigenvalue weighted by Crippen LogP contribution is -2.37. The maximum absolute atomic E-state index is 12.8. The van der Waals surface area contributed by atoms with Gasteiger partial charge in [0.1, 0.15) is 17.3 Å². The van der Waals surface area contributed by atoms with E-state index in [-0.39, 0.29) is 5.91 Å². The molecule has 2 aromatic heterocycles. The number of nitrogens with zero attached hydrogens (tertiary/aromatic N) is 4. The first-order valence-electron chi connectivity index (χ1n) is 9.04. The number of amides is 1. The van der Waals surface area contributed by atoms with Crippen LogP contribution in [0.4, 0.5) is 11.6 Å². The van der Waals surface area contributed by atoms with Crippen LogP contribution in [0.15, 0.2) is 48.5 Å². The highest BCUT2D eigenvalue weighted by Crippen LogP contribution is 2.20. The Balaban J connectivity index is 1.57. The van der Waals surface area contributed by atoms with Gasteiger partial charge in [0.25, 0.3) is 5.91 Å². The van der Waals surface area contributed by atoms with Crippen molar-refractivity contribution in [2.24, 2.45) is 0 Å². The van der Waals surface area contributed by atoms with Gasteiger partial charge in [-0.05, 0) is 43.3 Å². The molecule has 0 bridgehead atoms. The van der Waals surface area contributed by atoms with Gasteiger partial charge in [-0.25, -0.2) is 9.67 Å². The fourth-order valence-electron chi connectivity index (χ4n) is 3.07. The average molecular weight is 398 g/mol. The Kier molecular flexibility index (Phi) is 5.27. The highest BCUT2D eigenvalue weighted by atomic mass is 35.5. The van der Waals surface area contributed by atoms with Crippen LogP contribution in [0.3, 0.4) is 0 Å². The van der Waals surface area contributed by atoms with Crippen LogP contribution in [0.1, 0.15) is 16.2 Å². The van der Waals surface area contributed by atoms with Crippen molar-refractivity contribution in [2.75, 3.05) is 36.5 Å². The van der Waals surface area contributed by atoms with Crippen LogP contribution in [0.5, 0.6) is 0 Å². The Morgan fingerprint density at radius 3 is 2.64 bits per heavy atom. The average Bonchev–Trinajstić information content (AvgIpc) is 3.09. The number of ether oxygens (including phenoxy) is 1. The van der Waals surface area contributed by atoms with Crippen LogP contribution in [0.25, 0.3) is 5.69 Å². The van der Waals surface area contributed by atoms with Gasteiger partial charge in [0.15, 0.2) is 0 Å². The van der Waals surface area contributed by atoms with E-state index in [4.69, 9.17) is 16.3 Å². The van der Waals surface area contributed by atoms with E-state index in [1.165, 1.54) is 0 Å². The maximum atomic E-state index is 12.8. The Labute approximate surface area is 167 Å². The summed E-state index contributed by atoms with van der Waals surface area (Å²) >= 11 is 5.97. The van der Waals surface area contributed by atoms with Crippen molar-refractivity contribution in [3.05, 3.63) is 64.9 Å². The summed E-state index contributed by atoms with van der Waals surface area (Å²) < 4.78 is 7.05. The zero-order chi connectivity index (χ0) is 19.5. The number of carbonyl (C=O) groups is 1. The summed E-state index contributed by atoms with van der Waals surface area (Å²) in [4.78, 5) is 19.5. The summed E-state index contributed by atoms with van der Waals surface area (Å²) in [5.41, 5.74) is 1.95. The third-order valence-electron chi connectivity index (χ3n) is 4.45. The van der Waals surface area contributed by atoms with Gasteiger partial charge in [-0.3, -0.25) is 4.79 Å². The minimum absolute atomic E-state index is 0.287. The van der Waals surface area contributed by atoms with Crippen LogP contribution in [-0.2, 0) is 4.74 Å². The topological polar surface area (TPSA) is 72.3 Å². The summed E-state index contributed by atoms with van der Waals surface area (Å²) in [5.74, 6) is 1.06. The molecule has 1 aromatic carbocycles. The van der Waals surface area contributed by atoms with Gasteiger partial charge in [-0.2, -0.15) is 5.10 Å². The molecule has 144 valence electrons. The quantitative estimate of drug-likeness (QED) is 0.731. The van der Waals surface area contributed by atoms with Crippen LogP contribution in [-0.4, -0.2) is 47.0 Å². The second kappa shape index (κ2) is 8.00. The molecule has 1 fully saturated rings. The molecular formula is C20H20ClN5O2. The summed E-state index contributed by atoms with van der Waals surface area (Å²) in [7, 11) is 0. The Bertz CT molecular complexity index is 981. The highest BCUT2D eigenvalue weighted by molar-refractivity contribution is 6.30. The Morgan fingerprint density at radius 2 is 1.89 bits per heavy atom. The molecule has 0 aliphatic carbocycles. The number of anilines is 2. The molecule has 3 aromatic rings. The van der Waals surface area contributed by atoms with E-state index in [9.17, 15) is 4.79 Å². The number of carbonyl (C=O) groups excluding carboxylic acids is 1. The number of aromatic nitrogens is 3. The third kappa shape index (κ3) is 4.00.